The van der Waals surface area contributed by atoms with Gasteiger partial charge in [-0.3, -0.25) is 9.48 Å². The molecule has 1 atom stereocenters. The van der Waals surface area contributed by atoms with Crippen molar-refractivity contribution in [2.75, 3.05) is 18.5 Å². The molecule has 1 aliphatic carbocycles. The Morgan fingerprint density at radius 3 is 2.87 bits per heavy atom. The average molecular weight is 427 g/mol. The van der Waals surface area contributed by atoms with E-state index in [4.69, 9.17) is 4.74 Å². The minimum atomic E-state index is -0.443. The molecular formula is C21H26N6O2S. The first-order chi connectivity index (χ1) is 14.7. The number of hydrogen-bond donors (Lipinski definition) is 1. The first-order valence-electron chi connectivity index (χ1n) is 10.5. The minimum Gasteiger partial charge on any atom is -0.381 e. The van der Waals surface area contributed by atoms with Crippen LogP contribution in [0.25, 0.3) is 11.0 Å². The summed E-state index contributed by atoms with van der Waals surface area (Å²) in [5.41, 5.74) is 0.772. The van der Waals surface area contributed by atoms with E-state index in [0.717, 1.165) is 37.1 Å². The van der Waals surface area contributed by atoms with Gasteiger partial charge in [0.1, 0.15) is 6.04 Å². The number of amides is 1. The topological polar surface area (TPSA) is 86.9 Å². The number of anilines is 1. The number of rotatable bonds is 7. The molecule has 1 N–H and O–H groups in total. The van der Waals surface area contributed by atoms with Gasteiger partial charge in [0.15, 0.2) is 11.5 Å². The van der Waals surface area contributed by atoms with Crippen molar-refractivity contribution in [2.24, 2.45) is 13.0 Å². The monoisotopic (exact) mass is 426 g/mol. The summed E-state index contributed by atoms with van der Waals surface area (Å²) in [5.74, 6) is 0.864. The van der Waals surface area contributed by atoms with Crippen LogP contribution in [-0.4, -0.2) is 48.9 Å². The van der Waals surface area contributed by atoms with Crippen LogP contribution in [0, 0.1) is 5.92 Å². The first kappa shape index (κ1) is 19.6. The van der Waals surface area contributed by atoms with Gasteiger partial charge < -0.3 is 10.1 Å². The van der Waals surface area contributed by atoms with Crippen molar-refractivity contribution in [3.05, 3.63) is 30.7 Å². The van der Waals surface area contributed by atoms with Crippen molar-refractivity contribution in [1.29, 1.82) is 0 Å². The molecule has 0 spiro atoms. The Kier molecular flexibility index (Phi) is 5.47. The van der Waals surface area contributed by atoms with Crippen LogP contribution in [0.5, 0.6) is 0 Å². The molecule has 158 valence electrons. The van der Waals surface area contributed by atoms with E-state index in [1.165, 1.54) is 17.7 Å². The third-order valence-electron chi connectivity index (χ3n) is 5.74. The minimum absolute atomic E-state index is 0.104. The van der Waals surface area contributed by atoms with Crippen LogP contribution < -0.4 is 5.32 Å². The van der Waals surface area contributed by atoms with Crippen molar-refractivity contribution < 1.29 is 9.53 Å². The van der Waals surface area contributed by atoms with Crippen LogP contribution in [0.3, 0.4) is 0 Å². The number of fused-ring (bicyclic) bond motifs is 1. The Balaban J connectivity index is 1.46. The maximum absolute atomic E-state index is 13.3. The lowest BCUT2D eigenvalue weighted by Gasteiger charge is -2.26. The van der Waals surface area contributed by atoms with Gasteiger partial charge in [0.05, 0.1) is 11.6 Å². The average Bonchev–Trinajstić information content (AvgIpc) is 3.31. The number of carbonyl (C=O) groups excluding carboxylic acids is 1. The van der Waals surface area contributed by atoms with Crippen molar-refractivity contribution in [2.45, 2.75) is 48.3 Å². The largest absolute Gasteiger partial charge is 0.381 e. The molecule has 1 saturated carbocycles. The highest BCUT2D eigenvalue weighted by Gasteiger charge is 2.30. The molecule has 0 radical (unpaired) electrons. The highest BCUT2D eigenvalue weighted by atomic mass is 32.2. The summed E-state index contributed by atoms with van der Waals surface area (Å²) in [6.45, 7) is 1.50. The van der Waals surface area contributed by atoms with Crippen molar-refractivity contribution in [3.63, 3.8) is 0 Å². The second-order valence-electron chi connectivity index (χ2n) is 8.12. The van der Waals surface area contributed by atoms with Crippen LogP contribution in [0.1, 0.15) is 38.1 Å². The molecule has 3 aromatic rings. The fourth-order valence-corrected chi connectivity index (χ4v) is 5.07. The Morgan fingerprint density at radius 1 is 1.30 bits per heavy atom. The normalized spacial score (nSPS) is 18.6. The van der Waals surface area contributed by atoms with Gasteiger partial charge in [0, 0.05) is 48.9 Å². The highest BCUT2D eigenvalue weighted by molar-refractivity contribution is 8.00. The van der Waals surface area contributed by atoms with E-state index in [0.29, 0.717) is 23.4 Å². The lowest BCUT2D eigenvalue weighted by molar-refractivity contribution is -0.120. The van der Waals surface area contributed by atoms with E-state index < -0.39 is 6.04 Å². The lowest BCUT2D eigenvalue weighted by Crippen LogP contribution is -2.30. The van der Waals surface area contributed by atoms with Crippen molar-refractivity contribution in [3.8, 4) is 0 Å². The van der Waals surface area contributed by atoms with Gasteiger partial charge >= 0.3 is 0 Å². The molecule has 9 heteroatoms. The van der Waals surface area contributed by atoms with Gasteiger partial charge in [-0.15, -0.1) is 11.8 Å². The summed E-state index contributed by atoms with van der Waals surface area (Å²) in [7, 11) is 1.83. The number of thioether (sulfide) groups is 1. The summed E-state index contributed by atoms with van der Waals surface area (Å²) in [5, 5.41) is 13.6. The summed E-state index contributed by atoms with van der Waals surface area (Å²) in [4.78, 5) is 19.1. The number of pyridine rings is 1. The molecule has 8 nitrogen and oxygen atoms in total. The van der Waals surface area contributed by atoms with Crippen LogP contribution >= 0.6 is 11.8 Å². The van der Waals surface area contributed by atoms with E-state index in [1.54, 1.807) is 15.4 Å². The Morgan fingerprint density at radius 2 is 2.13 bits per heavy atom. The molecule has 0 aromatic carbocycles. The fourth-order valence-electron chi connectivity index (χ4n) is 3.93. The van der Waals surface area contributed by atoms with Gasteiger partial charge in [-0.2, -0.15) is 10.2 Å². The van der Waals surface area contributed by atoms with E-state index in [-0.39, 0.29) is 5.91 Å². The Bertz CT molecular complexity index is 1040. The Labute approximate surface area is 179 Å². The summed E-state index contributed by atoms with van der Waals surface area (Å²) in [6.07, 6.45) is 10.7. The zero-order valence-corrected chi connectivity index (χ0v) is 17.8. The van der Waals surface area contributed by atoms with Crippen LogP contribution in [0.4, 0.5) is 5.82 Å². The van der Waals surface area contributed by atoms with Crippen molar-refractivity contribution >= 4 is 34.5 Å². The maximum Gasteiger partial charge on any atom is 0.250 e. The molecule has 1 aliphatic heterocycles. The molecular weight excluding hydrogens is 400 g/mol. The number of hydrogen-bond acceptors (Lipinski definition) is 6. The third kappa shape index (κ3) is 4.22. The third-order valence-corrected chi connectivity index (χ3v) is 7.15. The Hall–Kier alpha value is -2.39. The van der Waals surface area contributed by atoms with Gasteiger partial charge in [0.2, 0.25) is 0 Å². The second kappa shape index (κ2) is 8.39. The molecule has 1 unspecified atom stereocenters. The number of nitrogens with one attached hydrogen (secondary N) is 1. The number of aromatic nitrogens is 5. The molecule has 5 rings (SSSR count). The number of nitrogens with zero attached hydrogens (tertiary/aromatic N) is 5. The molecule has 2 aliphatic rings. The van der Waals surface area contributed by atoms with Crippen molar-refractivity contribution in [1.82, 2.24) is 24.5 Å². The van der Waals surface area contributed by atoms with Gasteiger partial charge in [-0.1, -0.05) is 0 Å². The lowest BCUT2D eigenvalue weighted by atomic mass is 9.92. The van der Waals surface area contributed by atoms with Gasteiger partial charge in [-0.05, 0) is 44.1 Å². The molecule has 1 amide bonds. The zero-order valence-electron chi connectivity index (χ0n) is 17.0. The molecule has 4 heterocycles. The fraction of sp³-hybridized carbons (Fsp3) is 0.524. The number of carbonyl (C=O) groups is 1. The predicted molar refractivity (Wildman–Crippen MR) is 115 cm³/mol. The molecule has 1 saturated heterocycles. The van der Waals surface area contributed by atoms with E-state index >= 15 is 0 Å². The summed E-state index contributed by atoms with van der Waals surface area (Å²) in [6, 6.07) is 3.41. The highest BCUT2D eigenvalue weighted by Crippen LogP contribution is 2.41. The van der Waals surface area contributed by atoms with Gasteiger partial charge in [0.25, 0.3) is 5.91 Å². The first-order valence-corrected chi connectivity index (χ1v) is 11.4. The van der Waals surface area contributed by atoms with E-state index in [2.05, 4.69) is 26.6 Å². The molecule has 0 bridgehead atoms. The van der Waals surface area contributed by atoms with Crippen LogP contribution in [0.2, 0.25) is 0 Å². The zero-order chi connectivity index (χ0) is 20.5. The number of ether oxygens (including phenoxy) is 1. The van der Waals surface area contributed by atoms with Crippen LogP contribution in [-0.2, 0) is 16.6 Å². The summed E-state index contributed by atoms with van der Waals surface area (Å²) >= 11 is 1.89. The smallest absolute Gasteiger partial charge is 0.250 e. The SMILES string of the molecule is Cn1ccc(NC(=O)C(CC2CCOCC2)n2ncc3c(SC4CC4)ccnc32)n1. The van der Waals surface area contributed by atoms with Gasteiger partial charge in [-0.25, -0.2) is 9.67 Å². The van der Waals surface area contributed by atoms with E-state index in [9.17, 15) is 4.79 Å². The molecule has 2 fully saturated rings. The maximum atomic E-state index is 13.3. The number of aryl methyl sites for hydroxylation is 1. The standard InChI is InChI=1S/C21H26N6O2S/c1-26-9-5-19(25-26)24-21(28)17(12-14-6-10-29-11-7-14)27-20-16(13-23-27)18(4-8-22-20)30-15-2-3-15/h4-5,8-9,13-15,17H,2-3,6-7,10-12H2,1H3,(H,24,25,28). The second-order valence-corrected chi connectivity index (χ2v) is 9.47. The van der Waals surface area contributed by atoms with E-state index in [1.807, 2.05) is 37.4 Å². The molecule has 3 aromatic heterocycles. The summed E-state index contributed by atoms with van der Waals surface area (Å²) < 4.78 is 8.99. The van der Waals surface area contributed by atoms with Crippen LogP contribution in [0.15, 0.2) is 35.6 Å². The predicted octanol–water partition coefficient (Wildman–Crippen LogP) is 3.42. The molecule has 30 heavy (non-hydrogen) atoms. The quantitative estimate of drug-likeness (QED) is 0.623.